The molecule has 8 unspecified atom stereocenters. The summed E-state index contributed by atoms with van der Waals surface area (Å²) in [6.07, 6.45) is 18.0. The zero-order valence-electron chi connectivity index (χ0n) is 32.3. The molecular formula is C43H65NO6. The van der Waals surface area contributed by atoms with Crippen LogP contribution in [0.3, 0.4) is 0 Å². The van der Waals surface area contributed by atoms with Crippen molar-refractivity contribution in [3.63, 3.8) is 0 Å². The van der Waals surface area contributed by atoms with Crippen LogP contribution < -0.4 is 5.32 Å². The highest BCUT2D eigenvalue weighted by Crippen LogP contribution is 2.73. The van der Waals surface area contributed by atoms with E-state index in [0.29, 0.717) is 30.1 Å². The first-order valence-electron chi connectivity index (χ1n) is 20.1. The molecule has 0 aromatic heterocycles. The van der Waals surface area contributed by atoms with Crippen LogP contribution in [-0.2, 0) is 23.9 Å². The van der Waals surface area contributed by atoms with Gasteiger partial charge in [0.05, 0.1) is 11.8 Å². The third kappa shape index (κ3) is 6.22. The third-order valence-corrected chi connectivity index (χ3v) is 15.5. The first-order chi connectivity index (χ1) is 23.4. The number of allylic oxidation sites excluding steroid dienone is 3. The lowest BCUT2D eigenvalue weighted by molar-refractivity contribution is -0.213. The largest absolute Gasteiger partial charge is 0.481 e. The fourth-order valence-corrected chi connectivity index (χ4v) is 13.1. The summed E-state index contributed by atoms with van der Waals surface area (Å²) >= 11 is 0. The summed E-state index contributed by atoms with van der Waals surface area (Å²) in [6.45, 7) is 17.2. The van der Waals surface area contributed by atoms with Crippen molar-refractivity contribution in [1.29, 1.82) is 0 Å². The van der Waals surface area contributed by atoms with Gasteiger partial charge in [0.25, 0.3) is 0 Å². The Bertz CT molecular complexity index is 1450. The lowest BCUT2D eigenvalue weighted by Gasteiger charge is -2.68. The van der Waals surface area contributed by atoms with Crippen molar-refractivity contribution in [2.75, 3.05) is 0 Å². The molecule has 2 N–H and O–H groups in total. The Morgan fingerprint density at radius 1 is 0.900 bits per heavy atom. The van der Waals surface area contributed by atoms with Crippen LogP contribution in [0.1, 0.15) is 152 Å². The number of carbonyl (C=O) groups is 4. The number of nitrogens with one attached hydrogen (secondary N) is 1. The van der Waals surface area contributed by atoms with Gasteiger partial charge in [0.1, 0.15) is 6.10 Å². The lowest BCUT2D eigenvalue weighted by Crippen LogP contribution is -2.63. The predicted molar refractivity (Wildman–Crippen MR) is 195 cm³/mol. The molecule has 8 atom stereocenters. The Balaban J connectivity index is 1.23. The molecule has 7 nitrogen and oxygen atoms in total. The van der Waals surface area contributed by atoms with Crippen molar-refractivity contribution in [3.8, 4) is 0 Å². The van der Waals surface area contributed by atoms with Crippen molar-refractivity contribution in [3.05, 3.63) is 23.3 Å². The summed E-state index contributed by atoms with van der Waals surface area (Å²) in [5.41, 5.74) is 0.969. The molecule has 7 heteroatoms. The van der Waals surface area contributed by atoms with Gasteiger partial charge in [-0.1, -0.05) is 66.9 Å². The monoisotopic (exact) mass is 691 g/mol. The van der Waals surface area contributed by atoms with Crippen molar-refractivity contribution < 1.29 is 29.0 Å². The van der Waals surface area contributed by atoms with E-state index in [1.54, 1.807) is 19.9 Å². The standard InChI is InChI=1S/C43H65NO6/c1-26(2)36-30(45)24-43(23-19-34(46)44-27-12-10-9-11-13-27)22-16-29-28(37(36)43)14-15-32-41(29,7)20-17-31-40(5,6)33(18-21-42(31,32)8)50-35(47)25-39(3,4)38(48)49/h19,23,26-29,31-33H,9-18,20-22,24-25H2,1-8H3,(H,44,46)(H,48,49)/b23-19+. The molecule has 0 spiro atoms. The van der Waals surface area contributed by atoms with Gasteiger partial charge in [-0.3, -0.25) is 19.2 Å². The fourth-order valence-electron chi connectivity index (χ4n) is 13.1. The van der Waals surface area contributed by atoms with E-state index < -0.39 is 17.4 Å². The van der Waals surface area contributed by atoms with Crippen LogP contribution in [0.5, 0.6) is 0 Å². The summed E-state index contributed by atoms with van der Waals surface area (Å²) in [7, 11) is 0. The number of carboxylic acid groups (broad SMARTS) is 1. The number of hydrogen-bond acceptors (Lipinski definition) is 5. The van der Waals surface area contributed by atoms with E-state index >= 15 is 0 Å². The maximum atomic E-state index is 13.9. The SMILES string of the molecule is CC(C)C1=C2C3CCC4C(C)(CCC5C(C)(C)C(OC(=O)CC(C)(C)C(=O)O)CCC54C)C3CCC2(/C=C/C(=O)NC2CCCCC2)CC1=O. The summed E-state index contributed by atoms with van der Waals surface area (Å²) in [5, 5.41) is 12.8. The Hall–Kier alpha value is -2.44. The minimum atomic E-state index is -1.15. The van der Waals surface area contributed by atoms with Crippen molar-refractivity contribution in [2.45, 2.75) is 164 Å². The molecule has 1 amide bonds. The second kappa shape index (κ2) is 13.2. The topological polar surface area (TPSA) is 110 Å². The van der Waals surface area contributed by atoms with Gasteiger partial charge in [0.15, 0.2) is 5.78 Å². The average Bonchev–Trinajstić information content (AvgIpc) is 3.34. The first kappa shape index (κ1) is 37.3. The predicted octanol–water partition coefficient (Wildman–Crippen LogP) is 8.99. The summed E-state index contributed by atoms with van der Waals surface area (Å²) < 4.78 is 6.14. The van der Waals surface area contributed by atoms with Crippen molar-refractivity contribution in [1.82, 2.24) is 5.32 Å². The van der Waals surface area contributed by atoms with Gasteiger partial charge >= 0.3 is 11.9 Å². The van der Waals surface area contributed by atoms with Crippen molar-refractivity contribution >= 4 is 23.6 Å². The first-order valence-corrected chi connectivity index (χ1v) is 20.1. The number of Topliss-reactive ketones (excluding diaryl/α,β-unsaturated/α-hetero) is 1. The van der Waals surface area contributed by atoms with E-state index in [0.717, 1.165) is 69.8 Å². The summed E-state index contributed by atoms with van der Waals surface area (Å²) in [4.78, 5) is 51.8. The number of hydrogen-bond donors (Lipinski definition) is 2. The second-order valence-electron chi connectivity index (χ2n) is 19.6. The molecule has 5 fully saturated rings. The number of aliphatic carboxylic acids is 1. The molecular weight excluding hydrogens is 626 g/mol. The molecule has 278 valence electrons. The summed E-state index contributed by atoms with van der Waals surface area (Å²) in [6, 6.07) is 0.267. The van der Waals surface area contributed by atoms with Gasteiger partial charge < -0.3 is 15.2 Å². The Morgan fingerprint density at radius 3 is 2.24 bits per heavy atom. The highest BCUT2D eigenvalue weighted by Gasteiger charge is 2.66. The van der Waals surface area contributed by atoms with E-state index in [-0.39, 0.29) is 57.8 Å². The molecule has 50 heavy (non-hydrogen) atoms. The van der Waals surface area contributed by atoms with Crippen molar-refractivity contribution in [2.24, 2.45) is 56.7 Å². The van der Waals surface area contributed by atoms with Crippen LogP contribution in [0.4, 0.5) is 0 Å². The molecule has 0 aromatic rings. The molecule has 6 rings (SSSR count). The zero-order valence-corrected chi connectivity index (χ0v) is 32.3. The van der Waals surface area contributed by atoms with Gasteiger partial charge in [-0.15, -0.1) is 0 Å². The van der Waals surface area contributed by atoms with E-state index in [1.807, 2.05) is 0 Å². The fraction of sp³-hybridized carbons (Fsp3) is 0.814. The van der Waals surface area contributed by atoms with Gasteiger partial charge in [-0.05, 0) is 136 Å². The number of fused-ring (bicyclic) bond motifs is 7. The Morgan fingerprint density at radius 2 is 1.58 bits per heavy atom. The minimum Gasteiger partial charge on any atom is -0.481 e. The van der Waals surface area contributed by atoms with Crippen LogP contribution >= 0.6 is 0 Å². The van der Waals surface area contributed by atoms with E-state index in [1.165, 1.54) is 24.8 Å². The molecule has 5 saturated carbocycles. The normalized spacial score (nSPS) is 38.7. The van der Waals surface area contributed by atoms with E-state index in [2.05, 4.69) is 52.9 Å². The molecule has 0 aromatic carbocycles. The van der Waals surface area contributed by atoms with E-state index in [9.17, 15) is 24.3 Å². The van der Waals surface area contributed by atoms with Gasteiger partial charge in [-0.2, -0.15) is 0 Å². The maximum Gasteiger partial charge on any atom is 0.309 e. The molecule has 0 saturated heterocycles. The smallest absolute Gasteiger partial charge is 0.309 e. The van der Waals surface area contributed by atoms with Crippen LogP contribution in [0.25, 0.3) is 0 Å². The quantitative estimate of drug-likeness (QED) is 0.194. The van der Waals surface area contributed by atoms with Gasteiger partial charge in [0.2, 0.25) is 5.91 Å². The third-order valence-electron chi connectivity index (χ3n) is 15.5. The number of ether oxygens (including phenoxy) is 1. The highest BCUT2D eigenvalue weighted by atomic mass is 16.5. The number of carboxylic acids is 1. The number of ketones is 1. The second-order valence-corrected chi connectivity index (χ2v) is 19.6. The van der Waals surface area contributed by atoms with Gasteiger partial charge in [-0.25, -0.2) is 0 Å². The molecule has 0 heterocycles. The van der Waals surface area contributed by atoms with Crippen LogP contribution in [0, 0.1) is 56.7 Å². The number of esters is 1. The molecule has 0 bridgehead atoms. The summed E-state index contributed by atoms with van der Waals surface area (Å²) in [5.74, 6) is 0.865. The van der Waals surface area contributed by atoms with E-state index in [4.69, 9.17) is 4.74 Å². The molecule has 0 radical (unpaired) electrons. The minimum absolute atomic E-state index is 0.00499. The average molecular weight is 692 g/mol. The highest BCUT2D eigenvalue weighted by molar-refractivity contribution is 6.01. The number of carbonyl (C=O) groups excluding carboxylic acids is 3. The number of rotatable bonds is 8. The molecule has 0 aliphatic heterocycles. The zero-order chi connectivity index (χ0) is 36.4. The van der Waals surface area contributed by atoms with Crippen LogP contribution in [0.2, 0.25) is 0 Å². The van der Waals surface area contributed by atoms with Crippen LogP contribution in [-0.4, -0.2) is 40.9 Å². The number of amides is 1. The Kier molecular flexibility index (Phi) is 9.85. The van der Waals surface area contributed by atoms with Gasteiger partial charge in [0, 0.05) is 23.3 Å². The lowest BCUT2D eigenvalue weighted by atomic mass is 9.36. The Labute approximate surface area is 301 Å². The molecule has 6 aliphatic rings. The molecule has 6 aliphatic carbocycles. The van der Waals surface area contributed by atoms with Crippen LogP contribution in [0.15, 0.2) is 23.3 Å². The maximum absolute atomic E-state index is 13.9.